The van der Waals surface area contributed by atoms with Gasteiger partial charge in [0.1, 0.15) is 0 Å². The van der Waals surface area contributed by atoms with Crippen molar-refractivity contribution in [3.63, 3.8) is 0 Å². The van der Waals surface area contributed by atoms with Crippen LogP contribution in [0.1, 0.15) is 36.8 Å². The molecule has 1 heterocycles. The van der Waals surface area contributed by atoms with Gasteiger partial charge in [-0.25, -0.2) is 4.98 Å². The van der Waals surface area contributed by atoms with E-state index in [1.165, 1.54) is 11.3 Å². The lowest BCUT2D eigenvalue weighted by molar-refractivity contribution is -0.136. The van der Waals surface area contributed by atoms with Crippen molar-refractivity contribution in [3.05, 3.63) is 10.6 Å². The maximum atomic E-state index is 10.7. The number of thiazole rings is 1. The van der Waals surface area contributed by atoms with E-state index < -0.39 is 11.6 Å². The number of aliphatic hydroxyl groups is 1. The molecule has 100 valence electrons. The standard InChI is InChI=1S/C12H17NO3S2/c1-7-8(6-10(14)15)17-11(13-7)18-9-4-3-5-12(9,2)16/h9,16H,3-6H2,1-2H3,(H,14,15). The van der Waals surface area contributed by atoms with Crippen molar-refractivity contribution in [3.8, 4) is 0 Å². The number of hydrogen-bond acceptors (Lipinski definition) is 5. The Labute approximate surface area is 114 Å². The molecule has 0 bridgehead atoms. The van der Waals surface area contributed by atoms with E-state index in [0.717, 1.165) is 34.2 Å². The maximum Gasteiger partial charge on any atom is 0.308 e. The molecule has 1 saturated carbocycles. The molecule has 0 aliphatic heterocycles. The van der Waals surface area contributed by atoms with Crippen molar-refractivity contribution >= 4 is 29.1 Å². The highest BCUT2D eigenvalue weighted by Gasteiger charge is 2.38. The molecule has 2 atom stereocenters. The quantitative estimate of drug-likeness (QED) is 0.890. The molecule has 0 radical (unpaired) electrons. The van der Waals surface area contributed by atoms with E-state index in [0.29, 0.717) is 0 Å². The Bertz CT molecular complexity index is 456. The number of hydrogen-bond donors (Lipinski definition) is 2. The number of carboxylic acids is 1. The van der Waals surface area contributed by atoms with E-state index in [9.17, 15) is 9.90 Å². The fourth-order valence-electron chi connectivity index (χ4n) is 2.18. The zero-order valence-corrected chi connectivity index (χ0v) is 12.1. The number of thioether (sulfide) groups is 1. The topological polar surface area (TPSA) is 70.4 Å². The van der Waals surface area contributed by atoms with Gasteiger partial charge in [0.25, 0.3) is 0 Å². The molecule has 0 spiro atoms. The van der Waals surface area contributed by atoms with Crippen LogP contribution in [0, 0.1) is 6.92 Å². The summed E-state index contributed by atoms with van der Waals surface area (Å²) in [5, 5.41) is 19.2. The second kappa shape index (κ2) is 5.19. The Morgan fingerprint density at radius 2 is 2.39 bits per heavy atom. The van der Waals surface area contributed by atoms with Crippen LogP contribution in [0.3, 0.4) is 0 Å². The summed E-state index contributed by atoms with van der Waals surface area (Å²) >= 11 is 3.02. The van der Waals surface area contributed by atoms with Crippen LogP contribution in [0.4, 0.5) is 0 Å². The smallest absolute Gasteiger partial charge is 0.308 e. The molecule has 4 nitrogen and oxygen atoms in total. The normalized spacial score (nSPS) is 27.6. The largest absolute Gasteiger partial charge is 0.481 e. The van der Waals surface area contributed by atoms with Crippen LogP contribution in [0.15, 0.2) is 4.34 Å². The van der Waals surface area contributed by atoms with Gasteiger partial charge in [-0.2, -0.15) is 0 Å². The Morgan fingerprint density at radius 3 is 2.94 bits per heavy atom. The van der Waals surface area contributed by atoms with Gasteiger partial charge >= 0.3 is 5.97 Å². The van der Waals surface area contributed by atoms with Crippen LogP contribution >= 0.6 is 23.1 Å². The van der Waals surface area contributed by atoms with Crippen molar-refractivity contribution in [2.24, 2.45) is 0 Å². The van der Waals surface area contributed by atoms with Crippen molar-refractivity contribution < 1.29 is 15.0 Å². The lowest BCUT2D eigenvalue weighted by Gasteiger charge is -2.23. The van der Waals surface area contributed by atoms with Gasteiger partial charge in [-0.15, -0.1) is 11.3 Å². The fraction of sp³-hybridized carbons (Fsp3) is 0.667. The molecule has 1 aromatic heterocycles. The molecule has 6 heteroatoms. The minimum atomic E-state index is -0.828. The summed E-state index contributed by atoms with van der Waals surface area (Å²) in [6, 6.07) is 0. The number of carboxylic acid groups (broad SMARTS) is 1. The molecule has 1 aliphatic carbocycles. The summed E-state index contributed by atoms with van der Waals surface area (Å²) in [4.78, 5) is 15.9. The molecule has 2 unspecified atom stereocenters. The van der Waals surface area contributed by atoms with E-state index >= 15 is 0 Å². The van der Waals surface area contributed by atoms with Gasteiger partial charge in [-0.1, -0.05) is 11.8 Å². The average Bonchev–Trinajstić information content (AvgIpc) is 2.72. The van der Waals surface area contributed by atoms with E-state index in [-0.39, 0.29) is 11.7 Å². The molecule has 2 rings (SSSR count). The summed E-state index contributed by atoms with van der Waals surface area (Å²) in [7, 11) is 0. The zero-order valence-electron chi connectivity index (χ0n) is 10.5. The van der Waals surface area contributed by atoms with Gasteiger partial charge in [0.2, 0.25) is 0 Å². The third-order valence-corrected chi connectivity index (χ3v) is 6.08. The van der Waals surface area contributed by atoms with Crippen molar-refractivity contribution in [1.82, 2.24) is 4.98 Å². The summed E-state index contributed by atoms with van der Waals surface area (Å²) < 4.78 is 0.871. The van der Waals surface area contributed by atoms with E-state index in [2.05, 4.69) is 4.98 Å². The van der Waals surface area contributed by atoms with Crippen LogP contribution in [0.2, 0.25) is 0 Å². The first-order chi connectivity index (χ1) is 8.38. The third kappa shape index (κ3) is 3.05. The molecule has 1 aromatic rings. The van der Waals surface area contributed by atoms with Crippen LogP contribution in [-0.4, -0.2) is 32.0 Å². The molecule has 0 aromatic carbocycles. The minimum absolute atomic E-state index is 0.0329. The number of nitrogens with zero attached hydrogens (tertiary/aromatic N) is 1. The van der Waals surface area contributed by atoms with Crippen LogP contribution in [0.5, 0.6) is 0 Å². The Kier molecular flexibility index (Phi) is 3.99. The van der Waals surface area contributed by atoms with Crippen molar-refractivity contribution in [2.45, 2.75) is 54.7 Å². The first-order valence-corrected chi connectivity index (χ1v) is 7.65. The van der Waals surface area contributed by atoms with Crippen LogP contribution in [-0.2, 0) is 11.2 Å². The molecular formula is C12H17NO3S2. The van der Waals surface area contributed by atoms with Crippen LogP contribution in [0.25, 0.3) is 0 Å². The summed E-state index contributed by atoms with van der Waals surface area (Å²) in [5.41, 5.74) is 0.166. The summed E-state index contributed by atoms with van der Waals surface area (Å²) in [6.07, 6.45) is 2.89. The highest BCUT2D eigenvalue weighted by atomic mass is 32.2. The van der Waals surface area contributed by atoms with Gasteiger partial charge in [0.15, 0.2) is 4.34 Å². The first-order valence-electron chi connectivity index (χ1n) is 5.95. The number of carbonyl (C=O) groups is 1. The van der Waals surface area contributed by atoms with Crippen molar-refractivity contribution in [2.75, 3.05) is 0 Å². The minimum Gasteiger partial charge on any atom is -0.481 e. The monoisotopic (exact) mass is 287 g/mol. The summed E-state index contributed by atoms with van der Waals surface area (Å²) in [5.74, 6) is -0.828. The van der Waals surface area contributed by atoms with E-state index in [1.807, 2.05) is 13.8 Å². The van der Waals surface area contributed by atoms with Crippen LogP contribution < -0.4 is 0 Å². The second-order valence-electron chi connectivity index (χ2n) is 4.91. The van der Waals surface area contributed by atoms with Gasteiger partial charge < -0.3 is 10.2 Å². The molecule has 2 N–H and O–H groups in total. The molecule has 18 heavy (non-hydrogen) atoms. The third-order valence-electron chi connectivity index (χ3n) is 3.27. The van der Waals surface area contributed by atoms with Gasteiger partial charge in [-0.05, 0) is 33.1 Å². The number of rotatable bonds is 4. The van der Waals surface area contributed by atoms with Gasteiger partial charge in [0, 0.05) is 10.1 Å². The van der Waals surface area contributed by atoms with E-state index in [4.69, 9.17) is 5.11 Å². The van der Waals surface area contributed by atoms with E-state index in [1.54, 1.807) is 11.8 Å². The maximum absolute atomic E-state index is 10.7. The first kappa shape index (κ1) is 13.8. The van der Waals surface area contributed by atoms with Gasteiger partial charge in [-0.3, -0.25) is 4.79 Å². The second-order valence-corrected chi connectivity index (χ2v) is 7.45. The number of aryl methyl sites for hydroxylation is 1. The molecule has 1 aliphatic rings. The fourth-order valence-corrected chi connectivity index (χ4v) is 4.89. The summed E-state index contributed by atoms with van der Waals surface area (Å²) in [6.45, 7) is 3.71. The number of aromatic nitrogens is 1. The van der Waals surface area contributed by atoms with Crippen molar-refractivity contribution in [1.29, 1.82) is 0 Å². The Morgan fingerprint density at radius 1 is 1.67 bits per heavy atom. The molecule has 1 fully saturated rings. The predicted molar refractivity (Wildman–Crippen MR) is 72.3 cm³/mol. The number of aliphatic carboxylic acids is 1. The zero-order chi connectivity index (χ0) is 13.3. The Balaban J connectivity index is 2.08. The SMILES string of the molecule is Cc1nc(SC2CCCC2(C)O)sc1CC(=O)O. The molecule has 0 saturated heterocycles. The highest BCUT2D eigenvalue weighted by Crippen LogP contribution is 2.42. The molecule has 0 amide bonds. The molecular weight excluding hydrogens is 270 g/mol. The lowest BCUT2D eigenvalue weighted by Crippen LogP contribution is -2.30. The predicted octanol–water partition coefficient (Wildman–Crippen LogP) is 2.47. The van der Waals surface area contributed by atoms with Gasteiger partial charge in [0.05, 0.1) is 17.7 Å². The lowest BCUT2D eigenvalue weighted by atomic mass is 10.1. The highest BCUT2D eigenvalue weighted by molar-refractivity contribution is 8.01. The average molecular weight is 287 g/mol. The Hall–Kier alpha value is -0.590.